The summed E-state index contributed by atoms with van der Waals surface area (Å²) >= 11 is 1.62. The molecule has 0 amide bonds. The van der Waals surface area contributed by atoms with Gasteiger partial charge in [0, 0.05) is 48.2 Å². The first-order valence-electron chi connectivity index (χ1n) is 11.1. The van der Waals surface area contributed by atoms with Crippen molar-refractivity contribution in [3.8, 4) is 17.0 Å². The molecule has 0 N–H and O–H groups in total. The molecule has 1 saturated heterocycles. The van der Waals surface area contributed by atoms with Crippen LogP contribution in [-0.4, -0.2) is 60.9 Å². The number of aryl methyl sites for hydroxylation is 1. The second-order valence-electron chi connectivity index (χ2n) is 8.32. The Morgan fingerprint density at radius 3 is 2.59 bits per heavy atom. The summed E-state index contributed by atoms with van der Waals surface area (Å²) in [6.45, 7) is 4.78. The number of hydrogen-bond acceptors (Lipinski definition) is 7. The van der Waals surface area contributed by atoms with E-state index >= 15 is 0 Å². The third kappa shape index (κ3) is 4.56. The van der Waals surface area contributed by atoms with E-state index in [-0.39, 0.29) is 4.90 Å². The number of benzene rings is 2. The van der Waals surface area contributed by atoms with Crippen LogP contribution in [0.15, 0.2) is 64.9 Å². The van der Waals surface area contributed by atoms with Crippen molar-refractivity contribution in [3.05, 3.63) is 70.7 Å². The first-order valence-corrected chi connectivity index (χ1v) is 13.4. The van der Waals surface area contributed by atoms with Crippen molar-refractivity contribution < 1.29 is 13.2 Å². The van der Waals surface area contributed by atoms with Crippen molar-refractivity contribution in [1.82, 2.24) is 19.2 Å². The minimum Gasteiger partial charge on any atom is -0.497 e. The van der Waals surface area contributed by atoms with Crippen LogP contribution in [-0.2, 0) is 16.6 Å². The molecular weight excluding hydrogens is 468 g/mol. The van der Waals surface area contributed by atoms with Gasteiger partial charge in [0.25, 0.3) is 0 Å². The molecule has 1 aliphatic heterocycles. The summed E-state index contributed by atoms with van der Waals surface area (Å²) in [6.07, 6.45) is 0. The molecular formula is C25H26N4O3S2. The molecule has 9 heteroatoms. The Labute approximate surface area is 203 Å². The Kier molecular flexibility index (Phi) is 6.35. The Morgan fingerprint density at radius 2 is 1.79 bits per heavy atom. The maximum absolute atomic E-state index is 13.4. The quantitative estimate of drug-likeness (QED) is 0.400. The molecule has 0 radical (unpaired) electrons. The second kappa shape index (κ2) is 9.42. The number of rotatable bonds is 6. The van der Waals surface area contributed by atoms with E-state index in [1.807, 2.05) is 49.4 Å². The van der Waals surface area contributed by atoms with E-state index in [1.165, 1.54) is 0 Å². The number of thiazole rings is 1. The first-order chi connectivity index (χ1) is 16.4. The van der Waals surface area contributed by atoms with Gasteiger partial charge in [0.1, 0.15) is 15.7 Å². The van der Waals surface area contributed by atoms with Crippen molar-refractivity contribution in [2.75, 3.05) is 33.3 Å². The number of ether oxygens (including phenoxy) is 1. The van der Waals surface area contributed by atoms with Gasteiger partial charge in [0.15, 0.2) is 0 Å². The SMILES string of the molecule is COc1cccc(-c2csc(CN3CCN(S(=O)(=O)c4cccc5ccc(C)nc45)CC3)n2)c1. The van der Waals surface area contributed by atoms with Crippen molar-refractivity contribution in [2.24, 2.45) is 0 Å². The van der Waals surface area contributed by atoms with Gasteiger partial charge < -0.3 is 4.74 Å². The molecule has 0 spiro atoms. The summed E-state index contributed by atoms with van der Waals surface area (Å²) in [7, 11) is -1.96. The minimum absolute atomic E-state index is 0.282. The minimum atomic E-state index is -3.62. The number of nitrogens with zero attached hydrogens (tertiary/aromatic N) is 4. The monoisotopic (exact) mass is 494 g/mol. The van der Waals surface area contributed by atoms with E-state index in [0.29, 0.717) is 38.2 Å². The van der Waals surface area contributed by atoms with Crippen LogP contribution in [0.2, 0.25) is 0 Å². The van der Waals surface area contributed by atoms with Crippen LogP contribution in [0, 0.1) is 6.92 Å². The Balaban J connectivity index is 1.27. The van der Waals surface area contributed by atoms with Gasteiger partial charge >= 0.3 is 0 Å². The third-order valence-corrected chi connectivity index (χ3v) is 8.81. The second-order valence-corrected chi connectivity index (χ2v) is 11.2. The van der Waals surface area contributed by atoms with Crippen LogP contribution in [0.1, 0.15) is 10.7 Å². The summed E-state index contributed by atoms with van der Waals surface area (Å²) in [5, 5.41) is 3.91. The molecule has 2 aromatic carbocycles. The molecule has 5 rings (SSSR count). The maximum atomic E-state index is 13.4. The van der Waals surface area contributed by atoms with E-state index < -0.39 is 10.0 Å². The van der Waals surface area contributed by atoms with Crippen molar-refractivity contribution >= 4 is 32.3 Å². The Bertz CT molecular complexity index is 1430. The highest BCUT2D eigenvalue weighted by Crippen LogP contribution is 2.28. The largest absolute Gasteiger partial charge is 0.497 e. The molecule has 176 valence electrons. The van der Waals surface area contributed by atoms with Crippen LogP contribution in [0.3, 0.4) is 0 Å². The van der Waals surface area contributed by atoms with Crippen LogP contribution >= 0.6 is 11.3 Å². The maximum Gasteiger partial charge on any atom is 0.245 e. The van der Waals surface area contributed by atoms with Gasteiger partial charge in [-0.15, -0.1) is 11.3 Å². The predicted octanol–water partition coefficient (Wildman–Crippen LogP) is 4.18. The summed E-state index contributed by atoms with van der Waals surface area (Å²) < 4.78 is 33.8. The third-order valence-electron chi connectivity index (χ3n) is 6.05. The molecule has 3 heterocycles. The van der Waals surface area contributed by atoms with Crippen molar-refractivity contribution in [2.45, 2.75) is 18.4 Å². The number of piperazine rings is 1. The van der Waals surface area contributed by atoms with E-state index in [0.717, 1.165) is 33.1 Å². The molecule has 0 atom stereocenters. The summed E-state index contributed by atoms with van der Waals surface area (Å²) in [6, 6.07) is 17.0. The summed E-state index contributed by atoms with van der Waals surface area (Å²) in [5.74, 6) is 0.806. The number of aromatic nitrogens is 2. The molecule has 7 nitrogen and oxygen atoms in total. The van der Waals surface area contributed by atoms with E-state index in [9.17, 15) is 8.42 Å². The standard InChI is InChI=1S/C25H26N4O3S2/c1-18-9-10-19-5-4-8-23(25(19)26-18)34(30,31)29-13-11-28(12-14-29)16-24-27-22(17-33-24)20-6-3-7-21(15-20)32-2/h3-10,15,17H,11-14,16H2,1-2H3. The average Bonchev–Trinajstić information content (AvgIpc) is 3.32. The van der Waals surface area contributed by atoms with Gasteiger partial charge in [-0.1, -0.05) is 30.3 Å². The zero-order valence-electron chi connectivity index (χ0n) is 19.1. The molecule has 0 aliphatic carbocycles. The van der Waals surface area contributed by atoms with Gasteiger partial charge in [0.2, 0.25) is 10.0 Å². The number of fused-ring (bicyclic) bond motifs is 1. The molecule has 1 fully saturated rings. The zero-order chi connectivity index (χ0) is 23.7. The summed E-state index contributed by atoms with van der Waals surface area (Å²) in [5.41, 5.74) is 3.30. The average molecular weight is 495 g/mol. The van der Waals surface area contributed by atoms with E-state index in [2.05, 4.69) is 15.3 Å². The Hall–Kier alpha value is -2.85. The van der Waals surface area contributed by atoms with Gasteiger partial charge in [-0.2, -0.15) is 4.31 Å². The lowest BCUT2D eigenvalue weighted by molar-refractivity contribution is 0.181. The van der Waals surface area contributed by atoms with Gasteiger partial charge in [0.05, 0.1) is 24.9 Å². The lowest BCUT2D eigenvalue weighted by atomic mass is 10.2. The van der Waals surface area contributed by atoms with E-state index in [1.54, 1.807) is 34.9 Å². The van der Waals surface area contributed by atoms with Crippen LogP contribution in [0.4, 0.5) is 0 Å². The van der Waals surface area contributed by atoms with Crippen LogP contribution in [0.25, 0.3) is 22.2 Å². The molecule has 1 aliphatic rings. The van der Waals surface area contributed by atoms with Crippen molar-refractivity contribution in [1.29, 1.82) is 0 Å². The number of methoxy groups -OCH3 is 1. The molecule has 34 heavy (non-hydrogen) atoms. The normalized spacial score (nSPS) is 15.6. The zero-order valence-corrected chi connectivity index (χ0v) is 20.8. The number of sulfonamides is 1. The highest BCUT2D eigenvalue weighted by Gasteiger charge is 2.30. The predicted molar refractivity (Wildman–Crippen MR) is 135 cm³/mol. The molecule has 0 bridgehead atoms. The fourth-order valence-corrected chi connectivity index (χ4v) is 6.61. The fourth-order valence-electron chi connectivity index (χ4n) is 4.18. The summed E-state index contributed by atoms with van der Waals surface area (Å²) in [4.78, 5) is 11.8. The first kappa shape index (κ1) is 22.9. The highest BCUT2D eigenvalue weighted by atomic mass is 32.2. The highest BCUT2D eigenvalue weighted by molar-refractivity contribution is 7.89. The van der Waals surface area contributed by atoms with Gasteiger partial charge in [-0.3, -0.25) is 9.88 Å². The smallest absolute Gasteiger partial charge is 0.245 e. The number of hydrogen-bond donors (Lipinski definition) is 0. The van der Waals surface area contributed by atoms with Crippen LogP contribution < -0.4 is 4.74 Å². The molecule has 0 saturated carbocycles. The van der Waals surface area contributed by atoms with Crippen molar-refractivity contribution in [3.63, 3.8) is 0 Å². The van der Waals surface area contributed by atoms with E-state index in [4.69, 9.17) is 9.72 Å². The van der Waals surface area contributed by atoms with Gasteiger partial charge in [-0.25, -0.2) is 13.4 Å². The van der Waals surface area contributed by atoms with Crippen LogP contribution in [0.5, 0.6) is 5.75 Å². The number of para-hydroxylation sites is 1. The van der Waals surface area contributed by atoms with Gasteiger partial charge in [-0.05, 0) is 31.2 Å². The molecule has 0 unspecified atom stereocenters. The topological polar surface area (TPSA) is 75.6 Å². The lowest BCUT2D eigenvalue weighted by Crippen LogP contribution is -2.48. The Morgan fingerprint density at radius 1 is 1.00 bits per heavy atom. The molecule has 4 aromatic rings. The number of pyridine rings is 1. The lowest BCUT2D eigenvalue weighted by Gasteiger charge is -2.33. The molecule has 2 aromatic heterocycles. The fraction of sp³-hybridized carbons (Fsp3) is 0.280.